The Morgan fingerprint density at radius 1 is 1.27 bits per heavy atom. The van der Waals surface area contributed by atoms with E-state index in [-0.39, 0.29) is 11.4 Å². The van der Waals surface area contributed by atoms with Crippen molar-refractivity contribution < 1.29 is 4.79 Å². The first kappa shape index (κ1) is 16.3. The summed E-state index contributed by atoms with van der Waals surface area (Å²) >= 11 is 0. The van der Waals surface area contributed by atoms with Gasteiger partial charge in [-0.1, -0.05) is 40.5 Å². The van der Waals surface area contributed by atoms with Crippen LogP contribution in [0.15, 0.2) is 12.7 Å². The van der Waals surface area contributed by atoms with Crippen molar-refractivity contribution in [1.29, 1.82) is 0 Å². The molecule has 7 heteroatoms. The predicted octanol–water partition coefficient (Wildman–Crippen LogP) is 2.71. The van der Waals surface area contributed by atoms with Crippen molar-refractivity contribution in [1.82, 2.24) is 29.5 Å². The highest BCUT2D eigenvalue weighted by molar-refractivity contribution is 5.77. The molecule has 120 valence electrons. The van der Waals surface area contributed by atoms with E-state index in [0.29, 0.717) is 11.6 Å². The van der Waals surface area contributed by atoms with Crippen LogP contribution in [0.25, 0.3) is 0 Å². The van der Waals surface area contributed by atoms with Crippen molar-refractivity contribution in [3.05, 3.63) is 24.3 Å². The van der Waals surface area contributed by atoms with Crippen LogP contribution in [0.2, 0.25) is 0 Å². The van der Waals surface area contributed by atoms with Crippen molar-refractivity contribution in [2.24, 2.45) is 5.41 Å². The zero-order valence-corrected chi connectivity index (χ0v) is 13.8. The Morgan fingerprint density at radius 2 is 2.05 bits per heavy atom. The average molecular weight is 304 g/mol. The molecule has 0 aliphatic rings. The Hall–Kier alpha value is -2.05. The molecule has 0 saturated heterocycles. The van der Waals surface area contributed by atoms with E-state index in [1.165, 1.54) is 22.0 Å². The van der Waals surface area contributed by atoms with Gasteiger partial charge in [0.15, 0.2) is 5.82 Å². The number of rotatable bonds is 5. The molecule has 0 N–H and O–H groups in total. The molecule has 0 fully saturated rings. The van der Waals surface area contributed by atoms with E-state index < -0.39 is 0 Å². The summed E-state index contributed by atoms with van der Waals surface area (Å²) in [6, 6.07) is -0.336. The Bertz CT molecular complexity index is 609. The summed E-state index contributed by atoms with van der Waals surface area (Å²) in [5.74, 6) is 1.40. The highest BCUT2D eigenvalue weighted by Gasteiger charge is 2.21. The molecule has 2 aromatic heterocycles. The summed E-state index contributed by atoms with van der Waals surface area (Å²) in [6.45, 7) is 8.54. The normalized spacial score (nSPS) is 11.8. The molecule has 0 bridgehead atoms. The molecule has 0 radical (unpaired) electrons. The van der Waals surface area contributed by atoms with Gasteiger partial charge in [0.05, 0.1) is 0 Å². The minimum atomic E-state index is -0.336. The second-order valence-corrected chi connectivity index (χ2v) is 6.67. The van der Waals surface area contributed by atoms with Crippen LogP contribution in [0.4, 0.5) is 4.79 Å². The second kappa shape index (κ2) is 6.81. The van der Waals surface area contributed by atoms with Crippen LogP contribution < -0.4 is 0 Å². The van der Waals surface area contributed by atoms with E-state index in [0.717, 1.165) is 32.1 Å². The third-order valence-electron chi connectivity index (χ3n) is 3.21. The van der Waals surface area contributed by atoms with Gasteiger partial charge in [-0.05, 0) is 11.8 Å². The predicted molar refractivity (Wildman–Crippen MR) is 82.6 cm³/mol. The molecule has 0 aromatic carbocycles. The Labute approximate surface area is 130 Å². The quantitative estimate of drug-likeness (QED) is 0.794. The van der Waals surface area contributed by atoms with E-state index in [1.807, 2.05) is 0 Å². The van der Waals surface area contributed by atoms with Gasteiger partial charge in [0.1, 0.15) is 18.5 Å². The van der Waals surface area contributed by atoms with Gasteiger partial charge in [0.25, 0.3) is 0 Å². The number of hydrogen-bond donors (Lipinski definition) is 0. The second-order valence-electron chi connectivity index (χ2n) is 6.67. The fraction of sp³-hybridized carbons (Fsp3) is 0.667. The van der Waals surface area contributed by atoms with E-state index in [4.69, 9.17) is 0 Å². The fourth-order valence-electron chi connectivity index (χ4n) is 2.19. The van der Waals surface area contributed by atoms with Crippen molar-refractivity contribution in [3.63, 3.8) is 0 Å². The summed E-state index contributed by atoms with van der Waals surface area (Å²) in [5.41, 5.74) is 0.0726. The first-order chi connectivity index (χ1) is 10.4. The van der Waals surface area contributed by atoms with Crippen molar-refractivity contribution in [3.8, 4) is 0 Å². The summed E-state index contributed by atoms with van der Waals surface area (Å²) in [4.78, 5) is 20.8. The highest BCUT2D eigenvalue weighted by atomic mass is 16.2. The maximum absolute atomic E-state index is 12.5. The first-order valence-corrected chi connectivity index (χ1v) is 7.75. The number of aromatic nitrogens is 6. The van der Waals surface area contributed by atoms with Gasteiger partial charge in [0, 0.05) is 12.8 Å². The van der Waals surface area contributed by atoms with Gasteiger partial charge >= 0.3 is 6.03 Å². The Kier molecular flexibility index (Phi) is 5.05. The molecule has 0 unspecified atom stereocenters. The van der Waals surface area contributed by atoms with E-state index in [9.17, 15) is 4.79 Å². The third kappa shape index (κ3) is 4.22. The molecule has 22 heavy (non-hydrogen) atoms. The Morgan fingerprint density at radius 3 is 2.64 bits per heavy atom. The average Bonchev–Trinajstić information content (AvgIpc) is 3.06. The van der Waals surface area contributed by atoms with Gasteiger partial charge in [-0.15, -0.1) is 5.10 Å². The summed E-state index contributed by atoms with van der Waals surface area (Å²) in [6.07, 6.45) is 7.41. The van der Waals surface area contributed by atoms with Crippen LogP contribution in [0.1, 0.15) is 58.6 Å². The molecule has 2 aromatic rings. The maximum atomic E-state index is 12.5. The zero-order valence-electron chi connectivity index (χ0n) is 13.8. The lowest BCUT2D eigenvalue weighted by molar-refractivity contribution is 0.237. The van der Waals surface area contributed by atoms with Gasteiger partial charge in [-0.3, -0.25) is 0 Å². The maximum Gasteiger partial charge on any atom is 0.372 e. The molecule has 0 saturated carbocycles. The van der Waals surface area contributed by atoms with Crippen LogP contribution in [-0.4, -0.2) is 35.6 Å². The van der Waals surface area contributed by atoms with Crippen LogP contribution in [0.5, 0.6) is 0 Å². The standard InChI is InChI=1S/C15H24N6O/c1-5-6-7-8-13-18-12(9-15(2,3)4)19-21(13)14(22)20-11-16-10-17-20/h10-11H,5-9H2,1-4H3. The molecule has 2 rings (SSSR count). The molecule has 0 spiro atoms. The van der Waals surface area contributed by atoms with Crippen molar-refractivity contribution >= 4 is 6.03 Å². The lowest BCUT2D eigenvalue weighted by atomic mass is 9.92. The number of aryl methyl sites for hydroxylation is 1. The van der Waals surface area contributed by atoms with Gasteiger partial charge < -0.3 is 0 Å². The van der Waals surface area contributed by atoms with Gasteiger partial charge in [-0.25, -0.2) is 14.8 Å². The monoisotopic (exact) mass is 304 g/mol. The molecule has 7 nitrogen and oxygen atoms in total. The lowest BCUT2D eigenvalue weighted by Gasteiger charge is -2.14. The smallest absolute Gasteiger partial charge is 0.243 e. The molecule has 0 aliphatic carbocycles. The molecule has 2 heterocycles. The number of carbonyl (C=O) groups excluding carboxylic acids is 1. The molecule has 0 amide bonds. The fourth-order valence-corrected chi connectivity index (χ4v) is 2.19. The summed E-state index contributed by atoms with van der Waals surface area (Å²) in [5, 5.41) is 8.28. The van der Waals surface area contributed by atoms with Crippen LogP contribution in [-0.2, 0) is 12.8 Å². The minimum absolute atomic E-state index is 0.0726. The molecule has 0 atom stereocenters. The Balaban J connectivity index is 2.26. The number of nitrogens with zero attached hydrogens (tertiary/aromatic N) is 6. The van der Waals surface area contributed by atoms with Crippen molar-refractivity contribution in [2.45, 2.75) is 59.8 Å². The topological polar surface area (TPSA) is 78.5 Å². The number of hydrogen-bond acceptors (Lipinski definition) is 5. The van der Waals surface area contributed by atoms with E-state index in [2.05, 4.69) is 47.9 Å². The lowest BCUT2D eigenvalue weighted by Crippen LogP contribution is -2.23. The number of carbonyl (C=O) groups is 1. The first-order valence-electron chi connectivity index (χ1n) is 7.75. The third-order valence-corrected chi connectivity index (χ3v) is 3.21. The van der Waals surface area contributed by atoms with Crippen molar-refractivity contribution in [2.75, 3.05) is 0 Å². The summed E-state index contributed by atoms with van der Waals surface area (Å²) < 4.78 is 2.55. The van der Waals surface area contributed by atoms with Crippen LogP contribution in [0.3, 0.4) is 0 Å². The van der Waals surface area contributed by atoms with E-state index >= 15 is 0 Å². The van der Waals surface area contributed by atoms with E-state index in [1.54, 1.807) is 0 Å². The molecule has 0 aliphatic heterocycles. The van der Waals surface area contributed by atoms with Gasteiger partial charge in [-0.2, -0.15) is 14.5 Å². The van der Waals surface area contributed by atoms with Crippen LogP contribution in [0, 0.1) is 5.41 Å². The summed E-state index contributed by atoms with van der Waals surface area (Å²) in [7, 11) is 0. The highest BCUT2D eigenvalue weighted by Crippen LogP contribution is 2.19. The SMILES string of the molecule is CCCCCc1nc(CC(C)(C)C)nn1C(=O)n1cncn1. The molecular weight excluding hydrogens is 280 g/mol. The van der Waals surface area contributed by atoms with Crippen LogP contribution >= 0.6 is 0 Å². The minimum Gasteiger partial charge on any atom is -0.243 e. The van der Waals surface area contributed by atoms with Gasteiger partial charge in [0.2, 0.25) is 0 Å². The largest absolute Gasteiger partial charge is 0.372 e. The number of unbranched alkanes of at least 4 members (excludes halogenated alkanes) is 2. The molecular formula is C15H24N6O. The zero-order chi connectivity index (χ0) is 16.2.